The monoisotopic (exact) mass is 554 g/mol. The van der Waals surface area contributed by atoms with Crippen LogP contribution >= 0.6 is 45.8 Å². The lowest BCUT2D eigenvalue weighted by molar-refractivity contribution is 0.0955. The van der Waals surface area contributed by atoms with Crippen LogP contribution in [0.2, 0.25) is 10.0 Å². The summed E-state index contributed by atoms with van der Waals surface area (Å²) in [6.45, 7) is 0.431. The highest BCUT2D eigenvalue weighted by molar-refractivity contribution is 14.1. The summed E-state index contributed by atoms with van der Waals surface area (Å²) in [7, 11) is 1.58. The van der Waals surface area contributed by atoms with E-state index >= 15 is 0 Å². The first kappa shape index (κ1) is 22.4. The SMILES string of the molecule is COc1cc(/C=N\NC(=O)c2ccc(Cl)c(Cl)c2)cc(I)c1OCc1ccccc1. The van der Waals surface area contributed by atoms with Gasteiger partial charge in [-0.1, -0.05) is 53.5 Å². The van der Waals surface area contributed by atoms with E-state index in [2.05, 4.69) is 33.1 Å². The van der Waals surface area contributed by atoms with E-state index in [1.165, 1.54) is 12.3 Å². The molecule has 3 aromatic carbocycles. The van der Waals surface area contributed by atoms with Crippen molar-refractivity contribution in [3.8, 4) is 11.5 Å². The summed E-state index contributed by atoms with van der Waals surface area (Å²) in [5.74, 6) is 0.836. The zero-order valence-electron chi connectivity index (χ0n) is 15.9. The highest BCUT2D eigenvalue weighted by Gasteiger charge is 2.12. The van der Waals surface area contributed by atoms with Gasteiger partial charge in [0.15, 0.2) is 11.5 Å². The van der Waals surface area contributed by atoms with Crippen LogP contribution in [0.1, 0.15) is 21.5 Å². The van der Waals surface area contributed by atoms with Crippen molar-refractivity contribution >= 4 is 57.9 Å². The molecule has 0 radical (unpaired) electrons. The van der Waals surface area contributed by atoms with Crippen molar-refractivity contribution in [2.75, 3.05) is 7.11 Å². The highest BCUT2D eigenvalue weighted by atomic mass is 127. The van der Waals surface area contributed by atoms with E-state index in [9.17, 15) is 4.79 Å². The zero-order chi connectivity index (χ0) is 21.5. The molecule has 3 aromatic rings. The van der Waals surface area contributed by atoms with Gasteiger partial charge >= 0.3 is 0 Å². The maximum absolute atomic E-state index is 12.2. The Morgan fingerprint density at radius 1 is 1.10 bits per heavy atom. The summed E-state index contributed by atoms with van der Waals surface area (Å²) < 4.78 is 12.3. The van der Waals surface area contributed by atoms with E-state index in [0.29, 0.717) is 33.7 Å². The Bertz CT molecular complexity index is 1080. The molecule has 0 aromatic heterocycles. The Hall–Kier alpha value is -2.29. The summed E-state index contributed by atoms with van der Waals surface area (Å²) in [4.78, 5) is 12.2. The number of benzene rings is 3. The number of halogens is 3. The molecule has 154 valence electrons. The number of nitrogens with one attached hydrogen (secondary N) is 1. The predicted molar refractivity (Wildman–Crippen MR) is 128 cm³/mol. The van der Waals surface area contributed by atoms with Crippen LogP contribution in [-0.2, 0) is 6.61 Å². The average molecular weight is 555 g/mol. The lowest BCUT2D eigenvalue weighted by Gasteiger charge is -2.13. The topological polar surface area (TPSA) is 59.9 Å². The quantitative estimate of drug-likeness (QED) is 0.223. The predicted octanol–water partition coefficient (Wildman–Crippen LogP) is 5.95. The van der Waals surface area contributed by atoms with Crippen molar-refractivity contribution in [3.63, 3.8) is 0 Å². The summed E-state index contributed by atoms with van der Waals surface area (Å²) in [5, 5.41) is 4.70. The molecular weight excluding hydrogens is 538 g/mol. The van der Waals surface area contributed by atoms with E-state index in [4.69, 9.17) is 32.7 Å². The second kappa shape index (κ2) is 10.7. The van der Waals surface area contributed by atoms with Gasteiger partial charge in [-0.25, -0.2) is 5.43 Å². The van der Waals surface area contributed by atoms with Crippen LogP contribution < -0.4 is 14.9 Å². The number of hydrogen-bond acceptors (Lipinski definition) is 4. The molecule has 0 aliphatic heterocycles. The van der Waals surface area contributed by atoms with Gasteiger partial charge in [-0.15, -0.1) is 0 Å². The molecule has 3 rings (SSSR count). The lowest BCUT2D eigenvalue weighted by atomic mass is 10.2. The van der Waals surface area contributed by atoms with E-state index in [-0.39, 0.29) is 0 Å². The van der Waals surface area contributed by atoms with Gasteiger partial charge in [0, 0.05) is 5.56 Å². The van der Waals surface area contributed by atoms with Crippen LogP contribution in [0.15, 0.2) is 65.8 Å². The number of carbonyl (C=O) groups excluding carboxylic acids is 1. The Balaban J connectivity index is 1.69. The fourth-order valence-electron chi connectivity index (χ4n) is 2.55. The molecule has 0 aliphatic rings. The molecule has 0 atom stereocenters. The largest absolute Gasteiger partial charge is 0.493 e. The molecule has 0 spiro atoms. The Kier molecular flexibility index (Phi) is 7.95. The molecule has 0 fully saturated rings. The minimum absolute atomic E-state index is 0.304. The van der Waals surface area contributed by atoms with Crippen LogP contribution in [0, 0.1) is 3.57 Å². The van der Waals surface area contributed by atoms with Gasteiger partial charge in [-0.05, 0) is 64.0 Å². The molecule has 30 heavy (non-hydrogen) atoms. The third-order valence-corrected chi connectivity index (χ3v) is 5.58. The smallest absolute Gasteiger partial charge is 0.271 e. The van der Waals surface area contributed by atoms with Crippen LogP contribution in [0.3, 0.4) is 0 Å². The molecule has 0 bridgehead atoms. The van der Waals surface area contributed by atoms with Crippen molar-refractivity contribution in [1.29, 1.82) is 0 Å². The molecule has 0 saturated carbocycles. The van der Waals surface area contributed by atoms with Crippen LogP contribution in [0.5, 0.6) is 11.5 Å². The summed E-state index contributed by atoms with van der Waals surface area (Å²) in [6.07, 6.45) is 1.53. The van der Waals surface area contributed by atoms with Gasteiger partial charge in [-0.3, -0.25) is 4.79 Å². The standard InChI is InChI=1S/C22H17Cl2IN2O3/c1-29-20-10-15(9-19(25)21(20)30-13-14-5-3-2-4-6-14)12-26-27-22(28)16-7-8-17(23)18(24)11-16/h2-12H,13H2,1H3,(H,27,28)/b26-12-. The van der Waals surface area contributed by atoms with Gasteiger partial charge in [0.2, 0.25) is 0 Å². The Morgan fingerprint density at radius 2 is 1.87 bits per heavy atom. The summed E-state index contributed by atoms with van der Waals surface area (Å²) >= 11 is 14.0. The second-order valence-electron chi connectivity index (χ2n) is 6.14. The molecule has 0 heterocycles. The van der Waals surface area contributed by atoms with Crippen LogP contribution in [0.4, 0.5) is 0 Å². The van der Waals surface area contributed by atoms with E-state index in [1.54, 1.807) is 25.3 Å². The number of rotatable bonds is 7. The third-order valence-electron chi connectivity index (χ3n) is 4.04. The van der Waals surface area contributed by atoms with Gasteiger partial charge < -0.3 is 9.47 Å². The number of ether oxygens (including phenoxy) is 2. The number of hydrazone groups is 1. The molecule has 5 nitrogen and oxygen atoms in total. The normalized spacial score (nSPS) is 10.8. The molecule has 1 amide bonds. The van der Waals surface area contributed by atoms with Crippen molar-refractivity contribution in [3.05, 3.63) is 91.0 Å². The Morgan fingerprint density at radius 3 is 2.57 bits per heavy atom. The molecule has 0 saturated heterocycles. The van der Waals surface area contributed by atoms with Gasteiger partial charge in [0.1, 0.15) is 6.61 Å². The maximum Gasteiger partial charge on any atom is 0.271 e. The summed E-state index contributed by atoms with van der Waals surface area (Å²) in [6, 6.07) is 18.2. The van der Waals surface area contributed by atoms with E-state index in [0.717, 1.165) is 14.7 Å². The van der Waals surface area contributed by atoms with Crippen molar-refractivity contribution < 1.29 is 14.3 Å². The van der Waals surface area contributed by atoms with Crippen LogP contribution in [0.25, 0.3) is 0 Å². The van der Waals surface area contributed by atoms with E-state index in [1.807, 2.05) is 36.4 Å². The molecular formula is C22H17Cl2IN2O3. The average Bonchev–Trinajstić information content (AvgIpc) is 2.75. The Labute approximate surface area is 198 Å². The number of methoxy groups -OCH3 is 1. The van der Waals surface area contributed by atoms with Crippen molar-refractivity contribution in [1.82, 2.24) is 5.43 Å². The van der Waals surface area contributed by atoms with Gasteiger partial charge in [0.25, 0.3) is 5.91 Å². The minimum atomic E-state index is -0.394. The third kappa shape index (κ3) is 5.87. The molecule has 0 unspecified atom stereocenters. The lowest BCUT2D eigenvalue weighted by Crippen LogP contribution is -2.17. The summed E-state index contributed by atoms with van der Waals surface area (Å²) in [5.41, 5.74) is 4.64. The van der Waals surface area contributed by atoms with Crippen molar-refractivity contribution in [2.24, 2.45) is 5.10 Å². The molecule has 8 heteroatoms. The first-order valence-corrected chi connectivity index (χ1v) is 10.6. The first-order chi connectivity index (χ1) is 14.5. The second-order valence-corrected chi connectivity index (χ2v) is 8.11. The number of nitrogens with zero attached hydrogens (tertiary/aromatic N) is 1. The van der Waals surface area contributed by atoms with Crippen LogP contribution in [-0.4, -0.2) is 19.2 Å². The fourth-order valence-corrected chi connectivity index (χ4v) is 3.63. The van der Waals surface area contributed by atoms with Gasteiger partial charge in [0.05, 0.1) is 26.9 Å². The van der Waals surface area contributed by atoms with E-state index < -0.39 is 5.91 Å². The molecule has 0 aliphatic carbocycles. The maximum atomic E-state index is 12.2. The highest BCUT2D eigenvalue weighted by Crippen LogP contribution is 2.34. The molecule has 1 N–H and O–H groups in total. The number of amides is 1. The first-order valence-electron chi connectivity index (χ1n) is 8.80. The number of carbonyl (C=O) groups is 1. The zero-order valence-corrected chi connectivity index (χ0v) is 19.5. The van der Waals surface area contributed by atoms with Gasteiger partial charge in [-0.2, -0.15) is 5.10 Å². The van der Waals surface area contributed by atoms with Crippen molar-refractivity contribution in [2.45, 2.75) is 6.61 Å². The minimum Gasteiger partial charge on any atom is -0.493 e. The fraction of sp³-hybridized carbons (Fsp3) is 0.0909. The number of hydrogen-bond donors (Lipinski definition) is 1.